The summed E-state index contributed by atoms with van der Waals surface area (Å²) in [5.74, 6) is 0.778. The summed E-state index contributed by atoms with van der Waals surface area (Å²) in [5.41, 5.74) is 1.90. The van der Waals surface area contributed by atoms with Gasteiger partial charge in [0.25, 0.3) is 0 Å². The molecule has 0 aliphatic carbocycles. The Morgan fingerprint density at radius 3 is 2.80 bits per heavy atom. The number of carbonyl (C=O) groups is 1. The number of aromatic nitrogens is 4. The van der Waals surface area contributed by atoms with Gasteiger partial charge in [0, 0.05) is 5.69 Å². The molecule has 0 radical (unpaired) electrons. The van der Waals surface area contributed by atoms with Crippen molar-refractivity contribution in [2.75, 3.05) is 17.7 Å². The number of hydrogen-bond acceptors (Lipinski definition) is 7. The summed E-state index contributed by atoms with van der Waals surface area (Å²) >= 11 is 0. The van der Waals surface area contributed by atoms with Crippen LogP contribution in [0.3, 0.4) is 0 Å². The summed E-state index contributed by atoms with van der Waals surface area (Å²) in [6, 6.07) is 14.1. The summed E-state index contributed by atoms with van der Waals surface area (Å²) in [6.07, 6.45) is 0.469. The van der Waals surface area contributed by atoms with E-state index >= 15 is 0 Å². The Bertz CT molecular complexity index is 1280. The fourth-order valence-electron chi connectivity index (χ4n) is 3.12. The molecule has 2 aromatic heterocycles. The minimum atomic E-state index is -0.461. The van der Waals surface area contributed by atoms with Crippen molar-refractivity contribution in [1.82, 2.24) is 19.5 Å². The average molecular weight is 406 g/mol. The smallest absolute Gasteiger partial charge is 0.332 e. The number of aromatic amines is 1. The lowest BCUT2D eigenvalue weighted by molar-refractivity contribution is -0.105. The maximum Gasteiger partial charge on any atom is 0.332 e. The zero-order chi connectivity index (χ0) is 21.1. The monoisotopic (exact) mass is 406 g/mol. The van der Waals surface area contributed by atoms with Crippen molar-refractivity contribution in [3.8, 4) is 11.4 Å². The van der Waals surface area contributed by atoms with Crippen LogP contribution in [-0.2, 0) is 11.4 Å². The first-order valence-electron chi connectivity index (χ1n) is 8.97. The molecule has 2 aromatic carbocycles. The summed E-state index contributed by atoms with van der Waals surface area (Å²) in [6.45, 7) is -0.113. The summed E-state index contributed by atoms with van der Waals surface area (Å²) in [4.78, 5) is 35.3. The van der Waals surface area contributed by atoms with Crippen molar-refractivity contribution in [2.45, 2.75) is 6.61 Å². The van der Waals surface area contributed by atoms with Gasteiger partial charge in [0.15, 0.2) is 11.5 Å². The van der Waals surface area contributed by atoms with Gasteiger partial charge in [-0.3, -0.25) is 4.79 Å². The molecule has 0 spiro atoms. The number of fused-ring (bicyclic) bond motifs is 1. The van der Waals surface area contributed by atoms with Crippen LogP contribution in [0.1, 0.15) is 5.56 Å². The third-order valence-electron chi connectivity index (χ3n) is 4.42. The molecule has 0 fully saturated rings. The van der Waals surface area contributed by atoms with Crippen molar-refractivity contribution in [2.24, 2.45) is 0 Å². The number of rotatable bonds is 7. The van der Waals surface area contributed by atoms with Crippen molar-refractivity contribution in [3.05, 3.63) is 64.6 Å². The van der Waals surface area contributed by atoms with Gasteiger partial charge in [0.05, 0.1) is 19.4 Å². The number of amides is 1. The maximum absolute atomic E-state index is 12.7. The van der Waals surface area contributed by atoms with Gasteiger partial charge in [-0.1, -0.05) is 24.3 Å². The Kier molecular flexibility index (Phi) is 5.14. The molecular formula is C20H18N6O4. The van der Waals surface area contributed by atoms with E-state index in [9.17, 15) is 14.7 Å². The van der Waals surface area contributed by atoms with Crippen molar-refractivity contribution in [3.63, 3.8) is 0 Å². The first-order valence-corrected chi connectivity index (χ1v) is 8.97. The van der Waals surface area contributed by atoms with E-state index < -0.39 is 5.69 Å². The van der Waals surface area contributed by atoms with Gasteiger partial charge in [0.1, 0.15) is 11.3 Å². The standard InChI is InChI=1S/C20H18N6O4/c1-30-15-8-3-2-7-14(15)26-18-16(23-20(26)29)17(21-11-28)24-19(25-18)22-13-6-4-5-12(9-13)10-27/h2-9,11,27H,10H2,1H3,(H,23,29)(H2,21,22,24,25,28). The Morgan fingerprint density at radius 2 is 2.03 bits per heavy atom. The largest absolute Gasteiger partial charge is 0.495 e. The van der Waals surface area contributed by atoms with E-state index in [1.807, 2.05) is 0 Å². The molecule has 4 aromatic rings. The van der Waals surface area contributed by atoms with Gasteiger partial charge in [-0.2, -0.15) is 9.97 Å². The molecule has 10 nitrogen and oxygen atoms in total. The van der Waals surface area contributed by atoms with Crippen LogP contribution < -0.4 is 21.1 Å². The van der Waals surface area contributed by atoms with Crippen LogP contribution in [-0.4, -0.2) is 38.1 Å². The predicted molar refractivity (Wildman–Crippen MR) is 111 cm³/mol. The number of aliphatic hydroxyl groups excluding tert-OH is 1. The van der Waals surface area contributed by atoms with Gasteiger partial charge in [0.2, 0.25) is 12.4 Å². The minimum Gasteiger partial charge on any atom is -0.495 e. The Hall–Kier alpha value is -4.18. The highest BCUT2D eigenvalue weighted by molar-refractivity contribution is 5.90. The summed E-state index contributed by atoms with van der Waals surface area (Å²) in [5, 5.41) is 14.9. The summed E-state index contributed by atoms with van der Waals surface area (Å²) < 4.78 is 6.72. The zero-order valence-corrected chi connectivity index (χ0v) is 15.9. The lowest BCUT2D eigenvalue weighted by Gasteiger charge is -2.11. The number of nitrogens with zero attached hydrogens (tertiary/aromatic N) is 3. The number of imidazole rings is 1. The molecule has 0 atom stereocenters. The molecule has 30 heavy (non-hydrogen) atoms. The van der Waals surface area contributed by atoms with Gasteiger partial charge in [-0.25, -0.2) is 9.36 Å². The number of methoxy groups -OCH3 is 1. The molecule has 2 heterocycles. The Balaban J connectivity index is 1.91. The third kappa shape index (κ3) is 3.47. The van der Waals surface area contributed by atoms with Crippen LogP contribution in [0.15, 0.2) is 53.3 Å². The first-order chi connectivity index (χ1) is 14.6. The van der Waals surface area contributed by atoms with E-state index in [2.05, 4.69) is 25.6 Å². The molecule has 152 valence electrons. The topological polar surface area (TPSA) is 134 Å². The second-order valence-electron chi connectivity index (χ2n) is 6.28. The van der Waals surface area contributed by atoms with Gasteiger partial charge in [-0.15, -0.1) is 0 Å². The van der Waals surface area contributed by atoms with Crippen LogP contribution in [0.4, 0.5) is 17.5 Å². The minimum absolute atomic E-state index is 0.113. The van der Waals surface area contributed by atoms with Crippen LogP contribution in [0.2, 0.25) is 0 Å². The third-order valence-corrected chi connectivity index (χ3v) is 4.42. The second-order valence-corrected chi connectivity index (χ2v) is 6.28. The van der Waals surface area contributed by atoms with Crippen molar-refractivity contribution in [1.29, 1.82) is 0 Å². The fraction of sp³-hybridized carbons (Fsp3) is 0.100. The SMILES string of the molecule is COc1ccccc1-n1c(=O)[nH]c2c(NC=O)nc(Nc3cccc(CO)c3)nc21. The summed E-state index contributed by atoms with van der Waals surface area (Å²) in [7, 11) is 1.51. The van der Waals surface area contributed by atoms with Crippen LogP contribution in [0.25, 0.3) is 16.9 Å². The molecule has 0 aliphatic rings. The van der Waals surface area contributed by atoms with Crippen molar-refractivity contribution >= 4 is 35.0 Å². The number of benzene rings is 2. The number of hydrogen-bond donors (Lipinski definition) is 4. The lowest BCUT2D eigenvalue weighted by Crippen LogP contribution is -2.15. The number of ether oxygens (including phenoxy) is 1. The molecular weight excluding hydrogens is 388 g/mol. The highest BCUT2D eigenvalue weighted by Crippen LogP contribution is 2.27. The number of para-hydroxylation sites is 2. The number of nitrogens with one attached hydrogen (secondary N) is 3. The fourth-order valence-corrected chi connectivity index (χ4v) is 3.12. The normalized spacial score (nSPS) is 10.7. The number of anilines is 3. The van der Waals surface area contributed by atoms with E-state index in [4.69, 9.17) is 4.74 Å². The Labute approximate surface area is 170 Å². The van der Waals surface area contributed by atoms with Crippen LogP contribution in [0.5, 0.6) is 5.75 Å². The predicted octanol–water partition coefficient (Wildman–Crippen LogP) is 1.92. The quantitative estimate of drug-likeness (QED) is 0.345. The van der Waals surface area contributed by atoms with Gasteiger partial charge in [-0.05, 0) is 29.8 Å². The van der Waals surface area contributed by atoms with Gasteiger partial charge < -0.3 is 25.5 Å². The second kappa shape index (κ2) is 8.05. The number of aliphatic hydroxyl groups is 1. The lowest BCUT2D eigenvalue weighted by atomic mass is 10.2. The first kappa shape index (κ1) is 19.2. The molecule has 0 aliphatic heterocycles. The number of carbonyl (C=O) groups excluding carboxylic acids is 1. The molecule has 0 bridgehead atoms. The van der Waals surface area contributed by atoms with E-state index in [1.54, 1.807) is 48.5 Å². The number of H-pyrrole nitrogens is 1. The van der Waals surface area contributed by atoms with Crippen LogP contribution in [0, 0.1) is 0 Å². The highest BCUT2D eigenvalue weighted by atomic mass is 16.5. The van der Waals surface area contributed by atoms with Crippen LogP contribution >= 0.6 is 0 Å². The van der Waals surface area contributed by atoms with E-state index in [1.165, 1.54) is 11.7 Å². The van der Waals surface area contributed by atoms with E-state index in [-0.39, 0.29) is 29.5 Å². The molecule has 10 heteroatoms. The molecule has 4 N–H and O–H groups in total. The van der Waals surface area contributed by atoms with E-state index in [0.29, 0.717) is 29.1 Å². The molecule has 1 amide bonds. The Morgan fingerprint density at radius 1 is 1.20 bits per heavy atom. The molecule has 0 unspecified atom stereocenters. The average Bonchev–Trinajstić information content (AvgIpc) is 3.10. The maximum atomic E-state index is 12.7. The van der Waals surface area contributed by atoms with E-state index in [0.717, 1.165) is 0 Å². The van der Waals surface area contributed by atoms with Crippen molar-refractivity contribution < 1.29 is 14.6 Å². The molecule has 0 saturated heterocycles. The molecule has 0 saturated carbocycles. The highest BCUT2D eigenvalue weighted by Gasteiger charge is 2.18. The zero-order valence-electron chi connectivity index (χ0n) is 15.9. The molecule has 4 rings (SSSR count). The van der Waals surface area contributed by atoms with Gasteiger partial charge >= 0.3 is 5.69 Å².